The lowest BCUT2D eigenvalue weighted by molar-refractivity contribution is 0.290. The van der Waals surface area contributed by atoms with Crippen molar-refractivity contribution in [2.45, 2.75) is 13.0 Å². The molecule has 17 heavy (non-hydrogen) atoms. The van der Waals surface area contributed by atoms with Gasteiger partial charge in [0.2, 0.25) is 0 Å². The molecule has 4 heteroatoms. The second kappa shape index (κ2) is 6.57. The maximum absolute atomic E-state index is 13.0. The molecule has 0 amide bonds. The van der Waals surface area contributed by atoms with Gasteiger partial charge in [-0.25, -0.2) is 4.39 Å². The van der Waals surface area contributed by atoms with Crippen molar-refractivity contribution in [2.75, 3.05) is 34.2 Å². The molecular weight excluding hydrogens is 219 g/mol. The summed E-state index contributed by atoms with van der Waals surface area (Å²) < 4.78 is 13.0. The largest absolute Gasteiger partial charge is 0.508 e. The fourth-order valence-corrected chi connectivity index (χ4v) is 1.71. The topological polar surface area (TPSA) is 26.7 Å². The lowest BCUT2D eigenvalue weighted by atomic mass is 10.2. The van der Waals surface area contributed by atoms with Gasteiger partial charge in [-0.05, 0) is 58.9 Å². The average molecular weight is 240 g/mol. The molecule has 0 heterocycles. The number of benzene rings is 1. The predicted molar refractivity (Wildman–Crippen MR) is 67.6 cm³/mol. The van der Waals surface area contributed by atoms with Gasteiger partial charge in [0.15, 0.2) is 0 Å². The summed E-state index contributed by atoms with van der Waals surface area (Å²) in [5, 5.41) is 9.60. The summed E-state index contributed by atoms with van der Waals surface area (Å²) in [6.45, 7) is 2.52. The first-order valence-electron chi connectivity index (χ1n) is 5.79. The maximum Gasteiger partial charge on any atom is 0.123 e. The minimum absolute atomic E-state index is 0.158. The highest BCUT2D eigenvalue weighted by atomic mass is 19.1. The zero-order valence-corrected chi connectivity index (χ0v) is 10.8. The summed E-state index contributed by atoms with van der Waals surface area (Å²) in [6, 6.07) is 4.06. The quantitative estimate of drug-likeness (QED) is 0.823. The molecular formula is C13H21FN2O. The van der Waals surface area contributed by atoms with Crippen molar-refractivity contribution in [3.05, 3.63) is 29.6 Å². The van der Waals surface area contributed by atoms with Gasteiger partial charge in [0.1, 0.15) is 11.6 Å². The fourth-order valence-electron chi connectivity index (χ4n) is 1.71. The monoisotopic (exact) mass is 240 g/mol. The molecule has 0 unspecified atom stereocenters. The Bertz CT molecular complexity index is 355. The highest BCUT2D eigenvalue weighted by molar-refractivity contribution is 5.32. The molecule has 0 atom stereocenters. The molecule has 0 bridgehead atoms. The summed E-state index contributed by atoms with van der Waals surface area (Å²) in [6.07, 6.45) is 1.06. The van der Waals surface area contributed by atoms with Crippen LogP contribution in [0.1, 0.15) is 12.0 Å². The van der Waals surface area contributed by atoms with Crippen LogP contribution in [0.5, 0.6) is 5.75 Å². The Hall–Kier alpha value is -1.13. The molecule has 0 aromatic heterocycles. The molecule has 3 nitrogen and oxygen atoms in total. The molecule has 1 rings (SSSR count). The van der Waals surface area contributed by atoms with Crippen LogP contribution in [0, 0.1) is 5.82 Å². The van der Waals surface area contributed by atoms with Gasteiger partial charge >= 0.3 is 0 Å². The predicted octanol–water partition coefficient (Wildman–Crippen LogP) is 1.91. The van der Waals surface area contributed by atoms with E-state index >= 15 is 0 Å². The minimum atomic E-state index is -0.306. The van der Waals surface area contributed by atoms with E-state index in [-0.39, 0.29) is 11.6 Å². The van der Waals surface area contributed by atoms with Crippen LogP contribution in [0.15, 0.2) is 18.2 Å². The smallest absolute Gasteiger partial charge is 0.123 e. The number of hydrogen-bond acceptors (Lipinski definition) is 3. The van der Waals surface area contributed by atoms with Crippen LogP contribution < -0.4 is 0 Å². The molecule has 0 fully saturated rings. The van der Waals surface area contributed by atoms with Crippen LogP contribution in [0.2, 0.25) is 0 Å². The molecule has 1 N–H and O–H groups in total. The Labute approximate surface area is 102 Å². The first-order valence-corrected chi connectivity index (χ1v) is 5.79. The SMILES string of the molecule is CN(C)CCCN(C)Cc1cc(F)ccc1O. The van der Waals surface area contributed by atoms with Crippen LogP contribution in [0.4, 0.5) is 4.39 Å². The van der Waals surface area contributed by atoms with Crippen molar-refractivity contribution in [1.82, 2.24) is 9.80 Å². The molecule has 0 saturated carbocycles. The minimum Gasteiger partial charge on any atom is -0.508 e. The van der Waals surface area contributed by atoms with Crippen molar-refractivity contribution in [1.29, 1.82) is 0 Å². The third-order valence-corrected chi connectivity index (χ3v) is 2.63. The first kappa shape index (κ1) is 13.9. The Morgan fingerprint density at radius 2 is 1.88 bits per heavy atom. The highest BCUT2D eigenvalue weighted by Crippen LogP contribution is 2.19. The molecule has 1 aromatic rings. The number of rotatable bonds is 6. The van der Waals surface area contributed by atoms with E-state index in [1.807, 2.05) is 21.1 Å². The maximum atomic E-state index is 13.0. The highest BCUT2D eigenvalue weighted by Gasteiger charge is 2.06. The van der Waals surface area contributed by atoms with Gasteiger partial charge in [0.25, 0.3) is 0 Å². The number of phenols is 1. The van der Waals surface area contributed by atoms with E-state index in [0.29, 0.717) is 12.1 Å². The Morgan fingerprint density at radius 1 is 1.18 bits per heavy atom. The first-order chi connectivity index (χ1) is 7.99. The Kier molecular flexibility index (Phi) is 5.38. The number of hydrogen-bond donors (Lipinski definition) is 1. The van der Waals surface area contributed by atoms with E-state index < -0.39 is 0 Å². The van der Waals surface area contributed by atoms with Gasteiger partial charge in [-0.15, -0.1) is 0 Å². The van der Waals surface area contributed by atoms with Crippen LogP contribution in [0.25, 0.3) is 0 Å². The Balaban J connectivity index is 2.44. The van der Waals surface area contributed by atoms with E-state index in [1.54, 1.807) is 0 Å². The van der Waals surface area contributed by atoms with Gasteiger partial charge in [-0.1, -0.05) is 0 Å². The van der Waals surface area contributed by atoms with Gasteiger partial charge in [0, 0.05) is 12.1 Å². The van der Waals surface area contributed by atoms with Crippen molar-refractivity contribution in [3.8, 4) is 5.75 Å². The molecule has 96 valence electrons. The van der Waals surface area contributed by atoms with Crippen LogP contribution in [-0.4, -0.2) is 49.1 Å². The van der Waals surface area contributed by atoms with Gasteiger partial charge < -0.3 is 14.9 Å². The van der Waals surface area contributed by atoms with Crippen molar-refractivity contribution in [2.24, 2.45) is 0 Å². The zero-order valence-electron chi connectivity index (χ0n) is 10.8. The lowest BCUT2D eigenvalue weighted by Crippen LogP contribution is -2.23. The number of halogens is 1. The zero-order chi connectivity index (χ0) is 12.8. The van der Waals surface area contributed by atoms with E-state index in [2.05, 4.69) is 9.80 Å². The van der Waals surface area contributed by atoms with Gasteiger partial charge in [0.05, 0.1) is 0 Å². The fraction of sp³-hybridized carbons (Fsp3) is 0.538. The number of nitrogens with zero attached hydrogens (tertiary/aromatic N) is 2. The van der Waals surface area contributed by atoms with Crippen LogP contribution in [0.3, 0.4) is 0 Å². The average Bonchev–Trinajstić information content (AvgIpc) is 2.23. The second-order valence-corrected chi connectivity index (χ2v) is 4.67. The molecule has 0 aliphatic heterocycles. The van der Waals surface area contributed by atoms with E-state index in [9.17, 15) is 9.50 Å². The summed E-state index contributed by atoms with van der Waals surface area (Å²) in [5.74, 6) is -0.148. The third-order valence-electron chi connectivity index (χ3n) is 2.63. The molecule has 0 spiro atoms. The normalized spacial score (nSPS) is 11.4. The van der Waals surface area contributed by atoms with Crippen molar-refractivity contribution < 1.29 is 9.50 Å². The number of aromatic hydroxyl groups is 1. The molecule has 0 saturated heterocycles. The van der Waals surface area contributed by atoms with E-state index in [1.165, 1.54) is 18.2 Å². The van der Waals surface area contributed by atoms with Gasteiger partial charge in [-0.2, -0.15) is 0 Å². The molecule has 0 aliphatic rings. The second-order valence-electron chi connectivity index (χ2n) is 4.67. The van der Waals surface area contributed by atoms with Crippen LogP contribution >= 0.6 is 0 Å². The molecule has 1 aromatic carbocycles. The summed E-state index contributed by atoms with van der Waals surface area (Å²) in [4.78, 5) is 4.21. The van der Waals surface area contributed by atoms with Crippen molar-refractivity contribution >= 4 is 0 Å². The standard InChI is InChI=1S/C13H21FN2O/c1-15(2)7-4-8-16(3)10-11-9-12(14)5-6-13(11)17/h5-6,9,17H,4,7-8,10H2,1-3H3. The van der Waals surface area contributed by atoms with Gasteiger partial charge in [-0.3, -0.25) is 0 Å². The lowest BCUT2D eigenvalue weighted by Gasteiger charge is -2.18. The van der Waals surface area contributed by atoms with E-state index in [4.69, 9.17) is 0 Å². The molecule has 0 aliphatic carbocycles. The molecule has 0 radical (unpaired) electrons. The third kappa shape index (κ3) is 5.15. The van der Waals surface area contributed by atoms with Crippen molar-refractivity contribution in [3.63, 3.8) is 0 Å². The summed E-state index contributed by atoms with van der Waals surface area (Å²) in [5.41, 5.74) is 0.636. The number of phenolic OH excluding ortho intramolecular Hbond substituents is 1. The summed E-state index contributed by atoms with van der Waals surface area (Å²) in [7, 11) is 6.05. The van der Waals surface area contributed by atoms with E-state index in [0.717, 1.165) is 19.5 Å². The Morgan fingerprint density at radius 3 is 2.53 bits per heavy atom. The van der Waals surface area contributed by atoms with Crippen LogP contribution in [-0.2, 0) is 6.54 Å². The summed E-state index contributed by atoms with van der Waals surface area (Å²) >= 11 is 0.